The maximum atomic E-state index is 5.98. The van der Waals surface area contributed by atoms with Crippen LogP contribution in [-0.4, -0.2) is 0 Å². The van der Waals surface area contributed by atoms with Crippen LogP contribution in [0, 0.1) is 0 Å². The lowest BCUT2D eigenvalue weighted by atomic mass is 10.1. The van der Waals surface area contributed by atoms with E-state index in [4.69, 9.17) is 11.6 Å². The summed E-state index contributed by atoms with van der Waals surface area (Å²) in [6.07, 6.45) is 3.05. The fraction of sp³-hybridized carbons (Fsp3) is 0.111. The van der Waals surface area contributed by atoms with Crippen LogP contribution in [0.25, 0.3) is 6.08 Å². The summed E-state index contributed by atoms with van der Waals surface area (Å²) in [6.45, 7) is 0. The Morgan fingerprint density at radius 3 is 2.91 bits per heavy atom. The summed E-state index contributed by atoms with van der Waals surface area (Å²) < 4.78 is 1.21. The normalized spacial score (nSPS) is 14.5. The van der Waals surface area contributed by atoms with Crippen LogP contribution in [0.4, 0.5) is 0 Å². The van der Waals surface area contributed by atoms with Gasteiger partial charge in [-0.3, -0.25) is 0 Å². The first-order valence-electron chi connectivity index (χ1n) is 3.41. The van der Waals surface area contributed by atoms with Gasteiger partial charge < -0.3 is 0 Å². The molecule has 0 nitrogen and oxygen atoms in total. The highest BCUT2D eigenvalue weighted by molar-refractivity contribution is 9.11. The summed E-state index contributed by atoms with van der Waals surface area (Å²) in [5.74, 6) is 0. The van der Waals surface area contributed by atoms with E-state index >= 15 is 0 Å². The van der Waals surface area contributed by atoms with Crippen LogP contribution in [0.15, 0.2) is 22.7 Å². The van der Waals surface area contributed by atoms with E-state index in [0.717, 1.165) is 11.4 Å². The molecule has 0 amide bonds. The Morgan fingerprint density at radius 2 is 2.18 bits per heavy atom. The molecule has 2 heteroatoms. The summed E-state index contributed by atoms with van der Waals surface area (Å²) in [6, 6.07) is 5.98. The maximum Gasteiger partial charge on any atom is 0.0447 e. The Morgan fingerprint density at radius 1 is 1.36 bits per heavy atom. The molecule has 11 heavy (non-hydrogen) atoms. The lowest BCUT2D eigenvalue weighted by molar-refractivity contribution is 1.30. The molecule has 0 spiro atoms. The standard InChI is InChI=1S/C9H6BrCl/c10-7-4-6-2-1-3-9(11)8(6)5-7/h1-4H,5H2. The molecule has 0 aromatic heterocycles. The van der Waals surface area contributed by atoms with Crippen LogP contribution in [0.5, 0.6) is 0 Å². The highest BCUT2D eigenvalue weighted by Gasteiger charge is 2.12. The van der Waals surface area contributed by atoms with Crippen molar-refractivity contribution in [3.63, 3.8) is 0 Å². The van der Waals surface area contributed by atoms with Crippen molar-refractivity contribution in [2.45, 2.75) is 6.42 Å². The molecule has 1 aromatic carbocycles. The van der Waals surface area contributed by atoms with Gasteiger partial charge in [-0.1, -0.05) is 39.7 Å². The highest BCUT2D eigenvalue weighted by atomic mass is 79.9. The van der Waals surface area contributed by atoms with Crippen LogP contribution in [0.3, 0.4) is 0 Å². The second kappa shape index (κ2) is 2.65. The van der Waals surface area contributed by atoms with Crippen LogP contribution in [-0.2, 0) is 6.42 Å². The number of rotatable bonds is 0. The predicted molar refractivity (Wildman–Crippen MR) is 52.1 cm³/mol. The van der Waals surface area contributed by atoms with Crippen LogP contribution in [0.2, 0.25) is 5.02 Å². The molecule has 0 heterocycles. The van der Waals surface area contributed by atoms with Gasteiger partial charge in [-0.05, 0) is 23.3 Å². The van der Waals surface area contributed by atoms with Gasteiger partial charge in [-0.2, -0.15) is 0 Å². The molecule has 0 saturated heterocycles. The van der Waals surface area contributed by atoms with Gasteiger partial charge in [0.15, 0.2) is 0 Å². The molecular weight excluding hydrogens is 223 g/mol. The molecule has 1 aromatic rings. The Hall–Kier alpha value is -0.270. The lowest BCUT2D eigenvalue weighted by Gasteiger charge is -1.99. The summed E-state index contributed by atoms with van der Waals surface area (Å²) in [5, 5.41) is 0.869. The first-order valence-corrected chi connectivity index (χ1v) is 4.58. The Kier molecular flexibility index (Phi) is 1.78. The first-order chi connectivity index (χ1) is 5.27. The van der Waals surface area contributed by atoms with Gasteiger partial charge in [-0.25, -0.2) is 0 Å². The van der Waals surface area contributed by atoms with E-state index in [9.17, 15) is 0 Å². The molecular formula is C9H6BrCl. The third-order valence-corrected chi connectivity index (χ3v) is 2.68. The van der Waals surface area contributed by atoms with Gasteiger partial charge in [0.25, 0.3) is 0 Å². The van der Waals surface area contributed by atoms with Crippen molar-refractivity contribution >= 4 is 33.6 Å². The molecule has 0 bridgehead atoms. The molecule has 0 atom stereocenters. The SMILES string of the molecule is Clc1cccc2c1CC(Br)=C2. The highest BCUT2D eigenvalue weighted by Crippen LogP contribution is 2.32. The lowest BCUT2D eigenvalue weighted by Crippen LogP contribution is -1.82. The van der Waals surface area contributed by atoms with Crippen LogP contribution in [0.1, 0.15) is 11.1 Å². The fourth-order valence-corrected chi connectivity index (χ4v) is 2.06. The molecule has 1 aliphatic rings. The smallest absolute Gasteiger partial charge is 0.0447 e. The molecule has 2 rings (SSSR count). The quantitative estimate of drug-likeness (QED) is 0.637. The van der Waals surface area contributed by atoms with Gasteiger partial charge in [0.05, 0.1) is 0 Å². The van der Waals surface area contributed by atoms with Gasteiger partial charge in [0.1, 0.15) is 0 Å². The van der Waals surface area contributed by atoms with Crippen LogP contribution >= 0.6 is 27.5 Å². The average molecular weight is 230 g/mol. The zero-order valence-corrected chi connectivity index (χ0v) is 8.11. The monoisotopic (exact) mass is 228 g/mol. The molecule has 0 unspecified atom stereocenters. The van der Waals surface area contributed by atoms with E-state index in [1.54, 1.807) is 0 Å². The van der Waals surface area contributed by atoms with Gasteiger partial charge >= 0.3 is 0 Å². The largest absolute Gasteiger partial charge is 0.0840 e. The molecule has 0 saturated carbocycles. The van der Waals surface area contributed by atoms with Crippen molar-refractivity contribution in [1.82, 2.24) is 0 Å². The predicted octanol–water partition coefficient (Wildman–Crippen LogP) is 3.63. The Labute approximate surface area is 79.0 Å². The molecule has 0 N–H and O–H groups in total. The van der Waals surface area contributed by atoms with E-state index in [1.165, 1.54) is 15.6 Å². The van der Waals surface area contributed by atoms with E-state index in [1.807, 2.05) is 12.1 Å². The van der Waals surface area contributed by atoms with Gasteiger partial charge in [-0.15, -0.1) is 0 Å². The number of halogens is 2. The second-order valence-corrected chi connectivity index (χ2v) is 4.00. The zero-order chi connectivity index (χ0) is 7.84. The first kappa shape index (κ1) is 7.38. The summed E-state index contributed by atoms with van der Waals surface area (Å²) >= 11 is 9.44. The van der Waals surface area contributed by atoms with Gasteiger partial charge in [0.2, 0.25) is 0 Å². The summed E-state index contributed by atoms with van der Waals surface area (Å²) in [5.41, 5.74) is 2.48. The fourth-order valence-electron chi connectivity index (χ4n) is 1.29. The van der Waals surface area contributed by atoms with Crippen molar-refractivity contribution in [3.05, 3.63) is 38.8 Å². The average Bonchev–Trinajstić information content (AvgIpc) is 2.31. The Bertz CT molecular complexity index is 328. The maximum absolute atomic E-state index is 5.98. The minimum atomic E-state index is 0.869. The number of allylic oxidation sites excluding steroid dienone is 1. The third-order valence-electron chi connectivity index (χ3n) is 1.81. The second-order valence-electron chi connectivity index (χ2n) is 2.58. The van der Waals surface area contributed by atoms with E-state index in [2.05, 4.69) is 28.1 Å². The van der Waals surface area contributed by atoms with Gasteiger partial charge in [0, 0.05) is 15.9 Å². The van der Waals surface area contributed by atoms with E-state index < -0.39 is 0 Å². The van der Waals surface area contributed by atoms with E-state index in [-0.39, 0.29) is 0 Å². The zero-order valence-electron chi connectivity index (χ0n) is 5.77. The molecule has 0 aliphatic heterocycles. The van der Waals surface area contributed by atoms with Crippen molar-refractivity contribution in [2.75, 3.05) is 0 Å². The summed E-state index contributed by atoms with van der Waals surface area (Å²) in [4.78, 5) is 0. The number of fused-ring (bicyclic) bond motifs is 1. The van der Waals surface area contributed by atoms with Crippen molar-refractivity contribution < 1.29 is 0 Å². The topological polar surface area (TPSA) is 0 Å². The van der Waals surface area contributed by atoms with Crippen molar-refractivity contribution in [2.24, 2.45) is 0 Å². The van der Waals surface area contributed by atoms with Crippen LogP contribution < -0.4 is 0 Å². The number of hydrogen-bond donors (Lipinski definition) is 0. The Balaban J connectivity index is 2.59. The van der Waals surface area contributed by atoms with Crippen molar-refractivity contribution in [1.29, 1.82) is 0 Å². The molecule has 1 aliphatic carbocycles. The molecule has 0 fully saturated rings. The minimum absolute atomic E-state index is 0.869. The molecule has 56 valence electrons. The minimum Gasteiger partial charge on any atom is -0.0840 e. The number of benzene rings is 1. The third kappa shape index (κ3) is 1.23. The van der Waals surface area contributed by atoms with E-state index in [0.29, 0.717) is 0 Å². The molecule has 0 radical (unpaired) electrons. The summed E-state index contributed by atoms with van der Waals surface area (Å²) in [7, 11) is 0. The van der Waals surface area contributed by atoms with Crippen molar-refractivity contribution in [3.8, 4) is 0 Å². The number of hydrogen-bond acceptors (Lipinski definition) is 0.